The smallest absolute Gasteiger partial charge is 0.243 e. The van der Waals surface area contributed by atoms with E-state index in [2.05, 4.69) is 25.1 Å². The number of halogens is 1. The maximum absolute atomic E-state index is 13.1. The highest BCUT2D eigenvalue weighted by Crippen LogP contribution is 2.26. The molecule has 0 saturated carbocycles. The molecule has 1 aromatic carbocycles. The summed E-state index contributed by atoms with van der Waals surface area (Å²) in [4.78, 5) is -0.338. The van der Waals surface area contributed by atoms with E-state index in [4.69, 9.17) is 0 Å². The molecule has 1 unspecified atom stereocenters. The van der Waals surface area contributed by atoms with Crippen molar-refractivity contribution in [1.82, 2.24) is 10.3 Å². The van der Waals surface area contributed by atoms with Crippen molar-refractivity contribution in [3.8, 4) is 0 Å². The Kier molecular flexibility index (Phi) is 2.23. The van der Waals surface area contributed by atoms with Crippen LogP contribution in [0.2, 0.25) is 0 Å². The Morgan fingerprint density at radius 3 is 2.73 bits per heavy atom. The van der Waals surface area contributed by atoms with Gasteiger partial charge in [-0.2, -0.15) is 5.90 Å². The topological polar surface area (TPSA) is 113 Å². The van der Waals surface area contributed by atoms with Gasteiger partial charge in [-0.25, -0.2) is 9.02 Å². The molecule has 1 radical (unpaired) electrons. The lowest BCUT2D eigenvalue weighted by molar-refractivity contribution is -0.637. The van der Waals surface area contributed by atoms with E-state index in [1.807, 2.05) is 0 Å². The fourth-order valence-electron chi connectivity index (χ4n) is 1.08. The maximum atomic E-state index is 13.1. The van der Waals surface area contributed by atoms with Gasteiger partial charge in [-0.15, -0.1) is 0 Å². The minimum absolute atomic E-state index is 0.223. The van der Waals surface area contributed by atoms with Crippen molar-refractivity contribution in [2.75, 3.05) is 0 Å². The Labute approximate surface area is 83.4 Å². The number of nitrogens with zero attached hydrogens (tertiary/aromatic N) is 2. The third kappa shape index (κ3) is 1.51. The number of hydrogen-bond acceptors (Lipinski definition) is 5. The van der Waals surface area contributed by atoms with E-state index in [1.54, 1.807) is 0 Å². The molecule has 0 fully saturated rings. The first-order valence-electron chi connectivity index (χ1n) is 3.65. The number of quaternary nitrogens is 1. The summed E-state index contributed by atoms with van der Waals surface area (Å²) in [7, 11) is -4.05. The van der Waals surface area contributed by atoms with E-state index in [0.717, 1.165) is 12.1 Å². The first-order chi connectivity index (χ1) is 7.06. The summed E-state index contributed by atoms with van der Waals surface area (Å²) < 4.78 is 44.0. The Hall–Kier alpha value is -1.42. The standard InChI is InChI=1S/C6H5FN3O4S/c7-3-1-2-4(15(11,12)13-8)6-5(3)9-14-10-6/h1-2H,8H3/q+2. The highest BCUT2D eigenvalue weighted by atomic mass is 32.3. The van der Waals surface area contributed by atoms with Gasteiger partial charge in [-0.3, -0.25) is 0 Å². The monoisotopic (exact) mass is 234 g/mol. The van der Waals surface area contributed by atoms with Gasteiger partial charge in [-0.05, 0) is 20.6 Å². The normalized spacial score (nSPS) is 15.4. The minimum atomic E-state index is -4.05. The van der Waals surface area contributed by atoms with Crippen LogP contribution in [0.4, 0.5) is 4.39 Å². The molecular formula is C6H5FN3O4S+2. The summed E-state index contributed by atoms with van der Waals surface area (Å²) in [6.07, 6.45) is 0. The van der Waals surface area contributed by atoms with Crippen molar-refractivity contribution in [1.29, 1.82) is 0 Å². The van der Waals surface area contributed by atoms with Crippen molar-refractivity contribution in [3.05, 3.63) is 17.9 Å². The van der Waals surface area contributed by atoms with E-state index >= 15 is 0 Å². The number of rotatable bonds is 2. The van der Waals surface area contributed by atoms with Crippen LogP contribution in [0.3, 0.4) is 0 Å². The molecule has 79 valence electrons. The van der Waals surface area contributed by atoms with Crippen molar-refractivity contribution >= 4 is 21.5 Å². The molecule has 2 rings (SSSR count). The van der Waals surface area contributed by atoms with E-state index in [1.165, 1.54) is 0 Å². The second-order valence-corrected chi connectivity index (χ2v) is 4.16. The zero-order valence-electron chi connectivity index (χ0n) is 7.18. The Morgan fingerprint density at radius 2 is 2.07 bits per heavy atom. The predicted octanol–water partition coefficient (Wildman–Crippen LogP) is -0.346. The summed E-state index contributed by atoms with van der Waals surface area (Å²) in [5.41, 5.74) is -0.494. The van der Waals surface area contributed by atoms with Crippen LogP contribution in [0.1, 0.15) is 0 Å². The number of benzene rings is 1. The van der Waals surface area contributed by atoms with Crippen molar-refractivity contribution in [3.63, 3.8) is 0 Å². The zero-order valence-corrected chi connectivity index (χ0v) is 7.99. The van der Waals surface area contributed by atoms with Gasteiger partial charge in [0.2, 0.25) is 0 Å². The average Bonchev–Trinajstić information content (AvgIpc) is 2.67. The predicted molar refractivity (Wildman–Crippen MR) is 42.7 cm³/mol. The molecule has 0 bridgehead atoms. The Bertz CT molecular complexity index is 556. The Morgan fingerprint density at radius 1 is 1.40 bits per heavy atom. The molecule has 15 heavy (non-hydrogen) atoms. The van der Waals surface area contributed by atoms with Crippen LogP contribution >= 0.6 is 0 Å². The molecule has 2 aromatic rings. The van der Waals surface area contributed by atoms with E-state index in [0.29, 0.717) is 0 Å². The molecule has 3 N–H and O–H groups in total. The number of hydrogen-bond donors (Lipinski definition) is 1. The lowest BCUT2D eigenvalue weighted by Crippen LogP contribution is -2.52. The van der Waals surface area contributed by atoms with E-state index in [-0.39, 0.29) is 15.9 Å². The van der Waals surface area contributed by atoms with Crippen LogP contribution < -0.4 is 5.90 Å². The van der Waals surface area contributed by atoms with Gasteiger partial charge in [0.15, 0.2) is 16.9 Å². The molecule has 0 amide bonds. The lowest BCUT2D eigenvalue weighted by atomic mass is 10.3. The number of fused-ring (bicyclic) bond motifs is 1. The Balaban J connectivity index is 2.78. The van der Waals surface area contributed by atoms with Crippen molar-refractivity contribution < 1.29 is 28.0 Å². The molecule has 1 aromatic heterocycles. The van der Waals surface area contributed by atoms with Gasteiger partial charge >= 0.3 is 10.5 Å². The molecule has 1 heterocycles. The van der Waals surface area contributed by atoms with Crippen molar-refractivity contribution in [2.24, 2.45) is 0 Å². The van der Waals surface area contributed by atoms with Crippen LogP contribution in [-0.4, -0.2) is 10.3 Å². The molecule has 0 spiro atoms. The second kappa shape index (κ2) is 3.31. The lowest BCUT2D eigenvalue weighted by Gasteiger charge is -1.93. The number of aromatic nitrogens is 2. The molecule has 1 atom stereocenters. The summed E-state index contributed by atoms with van der Waals surface area (Å²) in [6, 6.07) is 1.93. The van der Waals surface area contributed by atoms with Gasteiger partial charge in [0.1, 0.15) is 0 Å². The van der Waals surface area contributed by atoms with Gasteiger partial charge in [0, 0.05) is 6.07 Å². The molecular weight excluding hydrogens is 229 g/mol. The van der Waals surface area contributed by atoms with Gasteiger partial charge in [0.25, 0.3) is 4.90 Å². The quantitative estimate of drug-likeness (QED) is 0.563. The van der Waals surface area contributed by atoms with Gasteiger partial charge in [0.05, 0.1) is 8.84 Å². The largest absolute Gasteiger partial charge is 0.484 e. The van der Waals surface area contributed by atoms with E-state index in [9.17, 15) is 13.2 Å². The molecule has 0 saturated heterocycles. The molecule has 0 aliphatic rings. The van der Waals surface area contributed by atoms with Crippen LogP contribution in [0, 0.1) is 5.82 Å². The highest BCUT2D eigenvalue weighted by molar-refractivity contribution is 7.93. The van der Waals surface area contributed by atoms with Crippen LogP contribution in [-0.2, 0) is 23.5 Å². The fourth-order valence-corrected chi connectivity index (χ4v) is 1.81. The molecule has 0 aliphatic heterocycles. The second-order valence-electron chi connectivity index (χ2n) is 2.58. The summed E-state index contributed by atoms with van der Waals surface area (Å²) >= 11 is 0. The fraction of sp³-hybridized carbons (Fsp3) is 0. The van der Waals surface area contributed by atoms with Crippen LogP contribution in [0.25, 0.3) is 11.0 Å². The third-order valence-corrected chi connectivity index (χ3v) is 2.93. The summed E-state index contributed by atoms with van der Waals surface area (Å²) in [5, 5.41) is 6.51. The average molecular weight is 234 g/mol. The maximum Gasteiger partial charge on any atom is 0.484 e. The zero-order chi connectivity index (χ0) is 11.1. The van der Waals surface area contributed by atoms with Crippen LogP contribution in [0.15, 0.2) is 21.7 Å². The molecule has 0 aliphatic carbocycles. The first-order valence-corrected chi connectivity index (χ1v) is 5.06. The highest BCUT2D eigenvalue weighted by Gasteiger charge is 2.41. The molecule has 9 heteroatoms. The van der Waals surface area contributed by atoms with Gasteiger partial charge < -0.3 is 0 Å². The van der Waals surface area contributed by atoms with E-state index < -0.39 is 16.3 Å². The van der Waals surface area contributed by atoms with Crippen LogP contribution in [0.5, 0.6) is 0 Å². The third-order valence-electron chi connectivity index (χ3n) is 1.75. The summed E-state index contributed by atoms with van der Waals surface area (Å²) in [5.74, 6) is 2.06. The minimum Gasteiger partial charge on any atom is -0.243 e. The molecule has 7 nitrogen and oxygen atoms in total. The first kappa shape index (κ1) is 10.1. The summed E-state index contributed by atoms with van der Waals surface area (Å²) in [6.45, 7) is 0. The SMILES string of the molecule is [NH3+]O[S+]([O])(=O)c1ccc(F)c2nonc12. The van der Waals surface area contributed by atoms with Crippen molar-refractivity contribution in [2.45, 2.75) is 4.90 Å². The van der Waals surface area contributed by atoms with Gasteiger partial charge in [-0.1, -0.05) is 0 Å².